The Balaban J connectivity index is 2.23. The molecule has 112 valence electrons. The number of methoxy groups -OCH3 is 2. The average molecular weight is 462 g/mol. The molecule has 0 heterocycles. The van der Waals surface area contributed by atoms with Gasteiger partial charge in [-0.1, -0.05) is 22.0 Å². The van der Waals surface area contributed by atoms with Crippen LogP contribution in [-0.4, -0.2) is 14.2 Å². The number of ether oxygens (including phenoxy) is 2. The minimum Gasteiger partial charge on any atom is -0.493 e. The molecule has 2 N–H and O–H groups in total. The van der Waals surface area contributed by atoms with E-state index in [2.05, 4.69) is 50.7 Å². The molecule has 0 aliphatic carbocycles. The minimum absolute atomic E-state index is 0.0625. The molecule has 1 unspecified atom stereocenters. The summed E-state index contributed by atoms with van der Waals surface area (Å²) in [6.07, 6.45) is 0.743. The number of rotatable bonds is 5. The summed E-state index contributed by atoms with van der Waals surface area (Å²) in [5.41, 5.74) is 8.62. The lowest BCUT2D eigenvalue weighted by atomic mass is 9.99. The second-order valence-corrected chi connectivity index (χ2v) is 6.74. The van der Waals surface area contributed by atoms with Crippen molar-refractivity contribution in [2.24, 2.45) is 5.73 Å². The predicted molar refractivity (Wildman–Crippen MR) is 97.0 cm³/mol. The van der Waals surface area contributed by atoms with Crippen LogP contribution in [0, 0.1) is 3.57 Å². The largest absolute Gasteiger partial charge is 0.493 e. The van der Waals surface area contributed by atoms with E-state index in [0.717, 1.165) is 33.5 Å². The van der Waals surface area contributed by atoms with Crippen molar-refractivity contribution < 1.29 is 9.47 Å². The molecule has 0 fully saturated rings. The fourth-order valence-corrected chi connectivity index (χ4v) is 3.28. The SMILES string of the molecule is COc1ccc(CC(N)c2cc(Br)ccc2I)cc1OC. The third-order valence-corrected chi connectivity index (χ3v) is 4.74. The van der Waals surface area contributed by atoms with E-state index >= 15 is 0 Å². The molecule has 0 aliphatic rings. The zero-order valence-electron chi connectivity index (χ0n) is 11.9. The van der Waals surface area contributed by atoms with E-state index < -0.39 is 0 Å². The van der Waals surface area contributed by atoms with Crippen LogP contribution in [0.4, 0.5) is 0 Å². The first-order valence-electron chi connectivity index (χ1n) is 6.46. The van der Waals surface area contributed by atoms with Crippen LogP contribution in [0.1, 0.15) is 17.2 Å². The molecule has 1 atom stereocenters. The van der Waals surface area contributed by atoms with Crippen LogP contribution in [0.2, 0.25) is 0 Å². The highest BCUT2D eigenvalue weighted by molar-refractivity contribution is 14.1. The Hall–Kier alpha value is -0.790. The topological polar surface area (TPSA) is 44.5 Å². The zero-order chi connectivity index (χ0) is 15.4. The molecule has 0 spiro atoms. The van der Waals surface area contributed by atoms with E-state index in [1.165, 1.54) is 3.57 Å². The number of hydrogen-bond donors (Lipinski definition) is 1. The van der Waals surface area contributed by atoms with Gasteiger partial charge in [-0.05, 0) is 70.5 Å². The maximum absolute atomic E-state index is 6.36. The Kier molecular flexibility index (Phi) is 5.89. The monoisotopic (exact) mass is 461 g/mol. The van der Waals surface area contributed by atoms with Crippen molar-refractivity contribution in [2.75, 3.05) is 14.2 Å². The first-order valence-corrected chi connectivity index (χ1v) is 8.33. The first-order chi connectivity index (χ1) is 10.0. The molecule has 0 saturated carbocycles. The maximum atomic E-state index is 6.36. The summed E-state index contributed by atoms with van der Waals surface area (Å²) >= 11 is 5.81. The van der Waals surface area contributed by atoms with Gasteiger partial charge < -0.3 is 15.2 Å². The van der Waals surface area contributed by atoms with E-state index in [1.807, 2.05) is 24.3 Å². The van der Waals surface area contributed by atoms with Gasteiger partial charge >= 0.3 is 0 Å². The van der Waals surface area contributed by atoms with E-state index in [-0.39, 0.29) is 6.04 Å². The highest BCUT2D eigenvalue weighted by Gasteiger charge is 2.13. The highest BCUT2D eigenvalue weighted by atomic mass is 127. The predicted octanol–water partition coefficient (Wildman–Crippen LogP) is 4.31. The van der Waals surface area contributed by atoms with Crippen molar-refractivity contribution in [3.05, 3.63) is 55.6 Å². The molecule has 0 aliphatic heterocycles. The van der Waals surface area contributed by atoms with Gasteiger partial charge in [0.1, 0.15) is 0 Å². The molecule has 2 aromatic carbocycles. The van der Waals surface area contributed by atoms with Gasteiger partial charge in [-0.25, -0.2) is 0 Å². The summed E-state index contributed by atoms with van der Waals surface area (Å²) in [5.74, 6) is 1.46. The standard InChI is InChI=1S/C16H17BrINO2/c1-20-15-6-3-10(8-16(15)21-2)7-14(19)12-9-11(17)4-5-13(12)18/h3-6,8-9,14H,7,19H2,1-2H3. The number of halogens is 2. The molecule has 0 radical (unpaired) electrons. The summed E-state index contributed by atoms with van der Waals surface area (Å²) in [6, 6.07) is 12.0. The Morgan fingerprint density at radius 3 is 2.48 bits per heavy atom. The van der Waals surface area contributed by atoms with Gasteiger partial charge in [0.05, 0.1) is 14.2 Å². The van der Waals surface area contributed by atoms with Gasteiger partial charge in [0, 0.05) is 14.1 Å². The first kappa shape index (κ1) is 16.6. The van der Waals surface area contributed by atoms with Gasteiger partial charge in [-0.2, -0.15) is 0 Å². The van der Waals surface area contributed by atoms with Crippen LogP contribution in [0.15, 0.2) is 40.9 Å². The van der Waals surface area contributed by atoms with Crippen LogP contribution in [0.25, 0.3) is 0 Å². The summed E-state index contributed by atoms with van der Waals surface area (Å²) in [6.45, 7) is 0. The molecule has 2 rings (SSSR count). The van der Waals surface area contributed by atoms with Crippen LogP contribution in [0.5, 0.6) is 11.5 Å². The number of benzene rings is 2. The fourth-order valence-electron chi connectivity index (χ4n) is 2.17. The van der Waals surface area contributed by atoms with Crippen LogP contribution >= 0.6 is 38.5 Å². The number of nitrogens with two attached hydrogens (primary N) is 1. The maximum Gasteiger partial charge on any atom is 0.160 e. The molecule has 5 heteroatoms. The summed E-state index contributed by atoms with van der Waals surface area (Å²) in [5, 5.41) is 0. The Morgan fingerprint density at radius 1 is 1.10 bits per heavy atom. The van der Waals surface area contributed by atoms with Gasteiger partial charge in [0.25, 0.3) is 0 Å². The van der Waals surface area contributed by atoms with Crippen molar-refractivity contribution >= 4 is 38.5 Å². The van der Waals surface area contributed by atoms with Crippen molar-refractivity contribution in [2.45, 2.75) is 12.5 Å². The van der Waals surface area contributed by atoms with Gasteiger partial charge in [-0.3, -0.25) is 0 Å². The van der Waals surface area contributed by atoms with Crippen LogP contribution in [0.3, 0.4) is 0 Å². The molecule has 0 saturated heterocycles. The normalized spacial score (nSPS) is 12.0. The quantitative estimate of drug-likeness (QED) is 0.674. The molecule has 2 aromatic rings. The molecule has 0 bridgehead atoms. The van der Waals surface area contributed by atoms with Crippen LogP contribution < -0.4 is 15.2 Å². The Bertz CT molecular complexity index is 634. The Morgan fingerprint density at radius 2 is 1.81 bits per heavy atom. The van der Waals surface area contributed by atoms with E-state index in [4.69, 9.17) is 15.2 Å². The lowest BCUT2D eigenvalue weighted by Gasteiger charge is -2.16. The highest BCUT2D eigenvalue weighted by Crippen LogP contribution is 2.30. The van der Waals surface area contributed by atoms with Gasteiger partial charge in [-0.15, -0.1) is 0 Å². The van der Waals surface area contributed by atoms with Crippen molar-refractivity contribution in [1.29, 1.82) is 0 Å². The average Bonchev–Trinajstić information content (AvgIpc) is 2.49. The van der Waals surface area contributed by atoms with Gasteiger partial charge in [0.2, 0.25) is 0 Å². The summed E-state index contributed by atoms with van der Waals surface area (Å²) in [7, 11) is 3.27. The van der Waals surface area contributed by atoms with Crippen molar-refractivity contribution in [1.82, 2.24) is 0 Å². The third-order valence-electron chi connectivity index (χ3n) is 3.26. The summed E-state index contributed by atoms with van der Waals surface area (Å²) < 4.78 is 12.8. The van der Waals surface area contributed by atoms with E-state index in [1.54, 1.807) is 14.2 Å². The molecule has 3 nitrogen and oxygen atoms in total. The molecular weight excluding hydrogens is 445 g/mol. The lowest BCUT2D eigenvalue weighted by Crippen LogP contribution is -2.15. The van der Waals surface area contributed by atoms with E-state index in [9.17, 15) is 0 Å². The molecule has 0 aromatic heterocycles. The number of hydrogen-bond acceptors (Lipinski definition) is 3. The van der Waals surface area contributed by atoms with Crippen molar-refractivity contribution in [3.8, 4) is 11.5 Å². The minimum atomic E-state index is -0.0625. The second kappa shape index (κ2) is 7.47. The van der Waals surface area contributed by atoms with Gasteiger partial charge in [0.15, 0.2) is 11.5 Å². The smallest absolute Gasteiger partial charge is 0.160 e. The molecule has 0 amide bonds. The second-order valence-electron chi connectivity index (χ2n) is 4.67. The molecule has 21 heavy (non-hydrogen) atoms. The molecular formula is C16H17BrINO2. The fraction of sp³-hybridized carbons (Fsp3) is 0.250. The van der Waals surface area contributed by atoms with Crippen LogP contribution in [-0.2, 0) is 6.42 Å². The third kappa shape index (κ3) is 4.11. The van der Waals surface area contributed by atoms with E-state index in [0.29, 0.717) is 0 Å². The Labute approximate surface area is 147 Å². The lowest BCUT2D eigenvalue weighted by molar-refractivity contribution is 0.354. The van der Waals surface area contributed by atoms with Crippen molar-refractivity contribution in [3.63, 3.8) is 0 Å². The summed E-state index contributed by atoms with van der Waals surface area (Å²) in [4.78, 5) is 0. The zero-order valence-corrected chi connectivity index (χ0v) is 15.6.